The van der Waals surface area contributed by atoms with Crippen molar-refractivity contribution in [2.75, 3.05) is 6.54 Å². The lowest BCUT2D eigenvalue weighted by Gasteiger charge is -1.52. The van der Waals surface area contributed by atoms with Crippen molar-refractivity contribution in [2.24, 2.45) is 5.18 Å². The van der Waals surface area contributed by atoms with Gasteiger partial charge in [0.25, 0.3) is 0 Å². The Balaban J connectivity index is 2.30. The Morgan fingerprint density at radius 2 is 2.25 bits per heavy atom. The van der Waals surface area contributed by atoms with Gasteiger partial charge in [-0.25, -0.2) is 0 Å². The van der Waals surface area contributed by atoms with E-state index in [0.29, 0.717) is 6.54 Å². The highest BCUT2D eigenvalue weighted by molar-refractivity contribution is 4.20. The number of rotatable bonds is 1. The number of hydrogen-bond donors (Lipinski definition) is 0. The molecule has 0 aromatic heterocycles. The van der Waals surface area contributed by atoms with E-state index in [1.54, 1.807) is 6.92 Å². The zero-order valence-corrected chi connectivity index (χ0v) is 2.56. The Kier molecular flexibility index (Phi) is 2.34. The second kappa shape index (κ2) is 2.60. The minimum atomic E-state index is 0.389. The van der Waals surface area contributed by atoms with Gasteiger partial charge in [0.2, 0.25) is 0 Å². The monoisotopic (exact) mass is 59.0 g/mol. The Hall–Kier alpha value is -0.400. The van der Waals surface area contributed by atoms with Crippen LogP contribution >= 0.6 is 0 Å². The van der Waals surface area contributed by atoms with Crippen molar-refractivity contribution in [2.45, 2.75) is 6.92 Å². The van der Waals surface area contributed by atoms with Gasteiger partial charge in [-0.2, -0.15) is 4.91 Å². The predicted octanol–water partition coefficient (Wildman–Crippen LogP) is 0.773. The molecule has 2 heteroatoms. The lowest BCUT2D eigenvalue weighted by Crippen LogP contribution is -1.52. The second-order valence-electron chi connectivity index (χ2n) is 0.445. The molecule has 0 fully saturated rings. The van der Waals surface area contributed by atoms with Crippen LogP contribution in [0.15, 0.2) is 5.18 Å². The number of nitrogens with zero attached hydrogens (tertiary/aromatic N) is 1. The van der Waals surface area contributed by atoms with Crippen LogP contribution in [0.3, 0.4) is 0 Å². The maximum absolute atomic E-state index is 8.92. The molecule has 0 unspecified atom stereocenters. The van der Waals surface area contributed by atoms with Gasteiger partial charge < -0.3 is 0 Å². The third kappa shape index (κ3) is 1.60. The van der Waals surface area contributed by atoms with Gasteiger partial charge in [-0.1, -0.05) is 5.18 Å². The van der Waals surface area contributed by atoms with Gasteiger partial charge in [0, 0.05) is 0 Å². The quantitative estimate of drug-likeness (QED) is 0.410. The summed E-state index contributed by atoms with van der Waals surface area (Å²) >= 11 is 0. The second-order valence-corrected chi connectivity index (χ2v) is 0.445. The standard InChI is InChI=1S/C2H5NO/c1-2-3-4/h2H2,1H3. The van der Waals surface area contributed by atoms with Gasteiger partial charge in [-0.15, -0.1) is 0 Å². The third-order valence-electron chi connectivity index (χ3n) is 0.129. The Morgan fingerprint density at radius 1 is 2.00 bits per heavy atom. The topological polar surface area (TPSA) is 29.4 Å². The van der Waals surface area contributed by atoms with E-state index >= 15 is 0 Å². The average Bonchev–Trinajstić information content (AvgIpc) is 1.37. The van der Waals surface area contributed by atoms with E-state index < -0.39 is 0 Å². The van der Waals surface area contributed by atoms with Gasteiger partial charge in [-0.3, -0.25) is 0 Å². The summed E-state index contributed by atoms with van der Waals surface area (Å²) in [5.74, 6) is 0. The summed E-state index contributed by atoms with van der Waals surface area (Å²) in [5, 5.41) is 2.49. The molecule has 0 atom stereocenters. The van der Waals surface area contributed by atoms with Crippen molar-refractivity contribution in [1.82, 2.24) is 0 Å². The number of nitroso groups, excluding NO2 is 1. The van der Waals surface area contributed by atoms with Crippen molar-refractivity contribution in [3.05, 3.63) is 4.91 Å². The van der Waals surface area contributed by atoms with Crippen molar-refractivity contribution in [1.29, 1.82) is 0 Å². The molecular weight excluding hydrogens is 54.0 g/mol. The largest absolute Gasteiger partial charge is 0.151 e. The molecule has 0 aliphatic heterocycles. The summed E-state index contributed by atoms with van der Waals surface area (Å²) < 4.78 is 0. The zero-order valence-electron chi connectivity index (χ0n) is 2.56. The first-order valence-corrected chi connectivity index (χ1v) is 1.21. The van der Waals surface area contributed by atoms with Crippen molar-refractivity contribution >= 4 is 0 Å². The fraction of sp³-hybridized carbons (Fsp3) is 1.00. The van der Waals surface area contributed by atoms with Crippen LogP contribution in [0.5, 0.6) is 0 Å². The molecular formula is C2H5NO. The van der Waals surface area contributed by atoms with E-state index in [1.165, 1.54) is 0 Å². The third-order valence-corrected chi connectivity index (χ3v) is 0.129. The van der Waals surface area contributed by atoms with E-state index in [1.807, 2.05) is 0 Å². The highest BCUT2D eigenvalue weighted by atomic mass is 16.3. The van der Waals surface area contributed by atoms with Crippen molar-refractivity contribution in [3.63, 3.8) is 0 Å². The number of hydrogen-bond acceptors (Lipinski definition) is 2. The van der Waals surface area contributed by atoms with Crippen molar-refractivity contribution in [3.8, 4) is 0 Å². The molecule has 0 spiro atoms. The maximum atomic E-state index is 8.92. The van der Waals surface area contributed by atoms with E-state index in [2.05, 4.69) is 5.18 Å². The van der Waals surface area contributed by atoms with Crippen LogP contribution in [0.1, 0.15) is 6.92 Å². The highest BCUT2D eigenvalue weighted by Gasteiger charge is 1.51. The maximum Gasteiger partial charge on any atom is 0.0783 e. The molecule has 0 saturated heterocycles. The van der Waals surface area contributed by atoms with E-state index in [-0.39, 0.29) is 0 Å². The summed E-state index contributed by atoms with van der Waals surface area (Å²) in [6.07, 6.45) is 0. The Labute approximate surface area is 24.8 Å². The average molecular weight is 59.1 g/mol. The first kappa shape index (κ1) is 3.60. The predicted molar refractivity (Wildman–Crippen MR) is 16.3 cm³/mol. The molecule has 2 nitrogen and oxygen atoms in total. The minimum absolute atomic E-state index is 0.389. The SMILES string of the molecule is CCN=O. The molecule has 0 amide bonds. The molecule has 0 aromatic carbocycles. The van der Waals surface area contributed by atoms with E-state index in [0.717, 1.165) is 0 Å². The van der Waals surface area contributed by atoms with Crippen LogP contribution in [0.25, 0.3) is 0 Å². The highest BCUT2D eigenvalue weighted by Crippen LogP contribution is 1.52. The van der Waals surface area contributed by atoms with E-state index in [9.17, 15) is 0 Å². The molecule has 0 aromatic rings. The smallest absolute Gasteiger partial charge is 0.0783 e. The normalized spacial score (nSPS) is 6.25. The fourth-order valence-electron chi connectivity index (χ4n) is 0. The van der Waals surface area contributed by atoms with Gasteiger partial charge >= 0.3 is 0 Å². The molecule has 0 aliphatic carbocycles. The van der Waals surface area contributed by atoms with Crippen LogP contribution in [0.2, 0.25) is 0 Å². The fourth-order valence-corrected chi connectivity index (χ4v) is 0. The first-order chi connectivity index (χ1) is 1.91. The van der Waals surface area contributed by atoms with Crippen LogP contribution in [-0.4, -0.2) is 6.54 Å². The summed E-state index contributed by atoms with van der Waals surface area (Å²) in [7, 11) is 0. The molecule has 0 aliphatic rings. The molecule has 0 rings (SSSR count). The van der Waals surface area contributed by atoms with Crippen LogP contribution in [0.4, 0.5) is 0 Å². The Morgan fingerprint density at radius 3 is 2.25 bits per heavy atom. The first-order valence-electron chi connectivity index (χ1n) is 1.21. The molecule has 0 N–H and O–H groups in total. The summed E-state index contributed by atoms with van der Waals surface area (Å²) in [4.78, 5) is 8.92. The summed E-state index contributed by atoms with van der Waals surface area (Å²) in [6.45, 7) is 2.09. The molecule has 4 heavy (non-hydrogen) atoms. The lowest BCUT2D eigenvalue weighted by atomic mass is 10.8. The minimum Gasteiger partial charge on any atom is -0.151 e. The van der Waals surface area contributed by atoms with Gasteiger partial charge in [0.15, 0.2) is 0 Å². The van der Waals surface area contributed by atoms with Gasteiger partial charge in [-0.05, 0) is 6.92 Å². The Bertz CT molecular complexity index is 20.0. The molecule has 0 saturated carbocycles. The van der Waals surface area contributed by atoms with Crippen molar-refractivity contribution < 1.29 is 0 Å². The molecule has 0 radical (unpaired) electrons. The van der Waals surface area contributed by atoms with Gasteiger partial charge in [0.05, 0.1) is 6.54 Å². The van der Waals surface area contributed by atoms with Crippen LogP contribution in [-0.2, 0) is 0 Å². The molecule has 0 heterocycles. The summed E-state index contributed by atoms with van der Waals surface area (Å²) in [5.41, 5.74) is 0. The summed E-state index contributed by atoms with van der Waals surface area (Å²) in [6, 6.07) is 0. The van der Waals surface area contributed by atoms with Gasteiger partial charge in [0.1, 0.15) is 0 Å². The van der Waals surface area contributed by atoms with Crippen LogP contribution in [0, 0.1) is 4.91 Å². The lowest BCUT2D eigenvalue weighted by molar-refractivity contribution is 1.12. The van der Waals surface area contributed by atoms with Crippen LogP contribution < -0.4 is 0 Å². The molecule has 24 valence electrons. The van der Waals surface area contributed by atoms with E-state index in [4.69, 9.17) is 4.91 Å². The zero-order chi connectivity index (χ0) is 3.41. The molecule has 0 bridgehead atoms.